The van der Waals surface area contributed by atoms with Crippen molar-refractivity contribution in [1.29, 1.82) is 0 Å². The molecule has 0 aliphatic carbocycles. The molecule has 2 aromatic carbocycles. The van der Waals surface area contributed by atoms with Crippen molar-refractivity contribution in [2.75, 3.05) is 21.3 Å². The molecule has 0 fully saturated rings. The zero-order valence-corrected chi connectivity index (χ0v) is 17.8. The summed E-state index contributed by atoms with van der Waals surface area (Å²) in [7, 11) is 6.84. The molecule has 3 heterocycles. The van der Waals surface area contributed by atoms with Crippen LogP contribution in [0.4, 0.5) is 0 Å². The van der Waals surface area contributed by atoms with Crippen LogP contribution in [-0.2, 0) is 7.05 Å². The first-order chi connectivity index (χ1) is 15.1. The summed E-state index contributed by atoms with van der Waals surface area (Å²) in [5, 5.41) is 9.76. The highest BCUT2D eigenvalue weighted by molar-refractivity contribution is 5.99. The summed E-state index contributed by atoms with van der Waals surface area (Å²) in [4.78, 5) is 4.69. The van der Waals surface area contributed by atoms with Crippen molar-refractivity contribution in [3.63, 3.8) is 0 Å². The predicted molar refractivity (Wildman–Crippen MR) is 121 cm³/mol. The lowest BCUT2D eigenvalue weighted by Crippen LogP contribution is -1.96. The number of rotatable bonds is 5. The van der Waals surface area contributed by atoms with Gasteiger partial charge in [-0.15, -0.1) is 0 Å². The Kier molecular flexibility index (Phi) is 4.51. The van der Waals surface area contributed by atoms with Gasteiger partial charge in [-0.25, -0.2) is 0 Å². The Hall–Kier alpha value is -4.00. The Morgan fingerprint density at radius 1 is 0.903 bits per heavy atom. The van der Waals surface area contributed by atoms with Gasteiger partial charge in [-0.3, -0.25) is 10.1 Å². The van der Waals surface area contributed by atoms with Gasteiger partial charge in [-0.2, -0.15) is 5.10 Å². The van der Waals surface area contributed by atoms with Gasteiger partial charge in [0, 0.05) is 40.7 Å². The number of ether oxygens (including phenoxy) is 3. The van der Waals surface area contributed by atoms with E-state index >= 15 is 0 Å². The van der Waals surface area contributed by atoms with Crippen molar-refractivity contribution in [1.82, 2.24) is 19.7 Å². The number of methoxy groups -OCH3 is 3. The van der Waals surface area contributed by atoms with Gasteiger partial charge in [-0.1, -0.05) is 12.1 Å². The molecule has 0 spiro atoms. The first kappa shape index (κ1) is 19.0. The van der Waals surface area contributed by atoms with Gasteiger partial charge in [-0.05, 0) is 30.3 Å². The van der Waals surface area contributed by atoms with Crippen LogP contribution in [0.3, 0.4) is 0 Å². The summed E-state index contributed by atoms with van der Waals surface area (Å²) in [6.07, 6.45) is 3.88. The number of fused-ring (bicyclic) bond motifs is 2. The number of nitrogens with one attached hydrogen (secondary N) is 1. The molecule has 31 heavy (non-hydrogen) atoms. The summed E-state index contributed by atoms with van der Waals surface area (Å²) in [5.74, 6) is 1.71. The lowest BCUT2D eigenvalue weighted by molar-refractivity contribution is 0.324. The molecular weight excluding hydrogens is 392 g/mol. The van der Waals surface area contributed by atoms with Gasteiger partial charge < -0.3 is 18.8 Å². The average molecular weight is 414 g/mol. The summed E-state index contributed by atoms with van der Waals surface area (Å²) in [6, 6.07) is 14.2. The fourth-order valence-electron chi connectivity index (χ4n) is 4.03. The molecule has 1 N–H and O–H groups in total. The molecule has 0 bridgehead atoms. The third kappa shape index (κ3) is 2.97. The second-order valence-electron chi connectivity index (χ2n) is 7.27. The minimum atomic E-state index is 0.548. The monoisotopic (exact) mass is 414 g/mol. The lowest BCUT2D eigenvalue weighted by Gasteiger charge is -2.13. The molecule has 3 aromatic heterocycles. The van der Waals surface area contributed by atoms with Crippen molar-refractivity contribution in [3.05, 3.63) is 54.9 Å². The fourth-order valence-corrected chi connectivity index (χ4v) is 4.03. The van der Waals surface area contributed by atoms with E-state index in [2.05, 4.69) is 56.3 Å². The van der Waals surface area contributed by atoms with Gasteiger partial charge in [0.2, 0.25) is 5.75 Å². The van der Waals surface area contributed by atoms with Crippen LogP contribution >= 0.6 is 0 Å². The topological polar surface area (TPSA) is 74.2 Å². The maximum atomic E-state index is 5.52. The lowest BCUT2D eigenvalue weighted by atomic mass is 10.0. The summed E-state index contributed by atoms with van der Waals surface area (Å²) >= 11 is 0. The number of aromatic amines is 1. The summed E-state index contributed by atoms with van der Waals surface area (Å²) < 4.78 is 18.6. The molecule has 156 valence electrons. The van der Waals surface area contributed by atoms with E-state index in [1.165, 1.54) is 0 Å². The first-order valence-electron chi connectivity index (χ1n) is 9.83. The minimum Gasteiger partial charge on any atom is -0.493 e. The van der Waals surface area contributed by atoms with Crippen LogP contribution in [-0.4, -0.2) is 41.1 Å². The van der Waals surface area contributed by atoms with E-state index in [1.54, 1.807) is 21.3 Å². The molecular formula is C24H22N4O3. The van der Waals surface area contributed by atoms with Crippen LogP contribution in [0.2, 0.25) is 0 Å². The quantitative estimate of drug-likeness (QED) is 0.447. The molecule has 0 saturated heterocycles. The average Bonchev–Trinajstić information content (AvgIpc) is 3.41. The number of aryl methyl sites for hydroxylation is 1. The van der Waals surface area contributed by atoms with E-state index in [0.29, 0.717) is 17.2 Å². The van der Waals surface area contributed by atoms with Crippen molar-refractivity contribution in [2.45, 2.75) is 0 Å². The van der Waals surface area contributed by atoms with Gasteiger partial charge >= 0.3 is 0 Å². The third-order valence-corrected chi connectivity index (χ3v) is 5.59. The van der Waals surface area contributed by atoms with Gasteiger partial charge in [0.05, 0.1) is 38.7 Å². The number of pyridine rings is 1. The number of hydrogen-bond acceptors (Lipinski definition) is 5. The molecule has 0 amide bonds. The molecule has 0 unspecified atom stereocenters. The molecule has 0 atom stereocenters. The highest BCUT2D eigenvalue weighted by atomic mass is 16.5. The molecule has 7 nitrogen and oxygen atoms in total. The number of benzene rings is 2. The normalized spacial score (nSPS) is 11.2. The minimum absolute atomic E-state index is 0.548. The molecule has 5 aromatic rings. The fraction of sp³-hybridized carbons (Fsp3) is 0.167. The van der Waals surface area contributed by atoms with Gasteiger partial charge in [0.15, 0.2) is 11.5 Å². The number of hydrogen-bond donors (Lipinski definition) is 1. The van der Waals surface area contributed by atoms with Crippen molar-refractivity contribution >= 4 is 21.8 Å². The Morgan fingerprint density at radius 2 is 1.68 bits per heavy atom. The second kappa shape index (κ2) is 7.36. The highest BCUT2D eigenvalue weighted by Crippen LogP contribution is 2.42. The smallest absolute Gasteiger partial charge is 0.203 e. The van der Waals surface area contributed by atoms with E-state index in [0.717, 1.165) is 44.3 Å². The zero-order chi connectivity index (χ0) is 21.5. The number of H-pyrrole nitrogens is 1. The SMILES string of the molecule is COc1cc(-c2n[nH]c3cnc(-c4cccc5c4ccn5C)cc23)cc(OC)c1OC. The van der Waals surface area contributed by atoms with Crippen LogP contribution in [0.15, 0.2) is 54.9 Å². The maximum Gasteiger partial charge on any atom is 0.203 e. The predicted octanol–water partition coefficient (Wildman–Crippen LogP) is 4.81. The van der Waals surface area contributed by atoms with E-state index in [9.17, 15) is 0 Å². The van der Waals surface area contributed by atoms with E-state index in [-0.39, 0.29) is 0 Å². The van der Waals surface area contributed by atoms with E-state index in [1.807, 2.05) is 25.4 Å². The van der Waals surface area contributed by atoms with Crippen molar-refractivity contribution in [2.24, 2.45) is 7.05 Å². The zero-order valence-electron chi connectivity index (χ0n) is 17.8. The number of aromatic nitrogens is 4. The van der Waals surface area contributed by atoms with E-state index < -0.39 is 0 Å². The van der Waals surface area contributed by atoms with Crippen LogP contribution in [0.1, 0.15) is 0 Å². The molecule has 7 heteroatoms. The Morgan fingerprint density at radius 3 is 2.39 bits per heavy atom. The van der Waals surface area contributed by atoms with Crippen LogP contribution in [0, 0.1) is 0 Å². The Balaban J connectivity index is 1.70. The maximum absolute atomic E-state index is 5.52. The molecule has 0 radical (unpaired) electrons. The Labute approximate surface area is 179 Å². The standard InChI is InChI=1S/C24H22N4O3/c1-28-9-8-16-15(6-5-7-20(16)28)18-12-17-19(13-25-18)26-27-23(17)14-10-21(29-2)24(31-4)22(11-14)30-3/h5-13H,1-4H3,(H,26,27). The van der Waals surface area contributed by atoms with Gasteiger partial charge in [0.1, 0.15) is 5.69 Å². The molecule has 0 aliphatic heterocycles. The van der Waals surface area contributed by atoms with Crippen molar-refractivity contribution < 1.29 is 14.2 Å². The van der Waals surface area contributed by atoms with Crippen LogP contribution < -0.4 is 14.2 Å². The highest BCUT2D eigenvalue weighted by Gasteiger charge is 2.18. The van der Waals surface area contributed by atoms with Crippen LogP contribution in [0.5, 0.6) is 17.2 Å². The van der Waals surface area contributed by atoms with E-state index in [4.69, 9.17) is 14.2 Å². The summed E-state index contributed by atoms with van der Waals surface area (Å²) in [5.41, 5.74) is 5.63. The summed E-state index contributed by atoms with van der Waals surface area (Å²) in [6.45, 7) is 0. The molecule has 0 aliphatic rings. The molecule has 0 saturated carbocycles. The van der Waals surface area contributed by atoms with Crippen molar-refractivity contribution in [3.8, 4) is 39.8 Å². The van der Waals surface area contributed by atoms with Crippen LogP contribution in [0.25, 0.3) is 44.3 Å². The number of nitrogens with zero attached hydrogens (tertiary/aromatic N) is 3. The second-order valence-corrected chi connectivity index (χ2v) is 7.27. The Bertz CT molecular complexity index is 1390. The first-order valence-corrected chi connectivity index (χ1v) is 9.83. The van der Waals surface area contributed by atoms with Gasteiger partial charge in [0.25, 0.3) is 0 Å². The third-order valence-electron chi connectivity index (χ3n) is 5.59. The largest absolute Gasteiger partial charge is 0.493 e. The molecule has 5 rings (SSSR count).